The van der Waals surface area contributed by atoms with Crippen molar-refractivity contribution in [3.8, 4) is 0 Å². The van der Waals surface area contributed by atoms with Crippen LogP contribution in [0.2, 0.25) is 5.02 Å². The highest BCUT2D eigenvalue weighted by Gasteiger charge is 2.22. The highest BCUT2D eigenvalue weighted by Crippen LogP contribution is 2.25. The molecule has 1 aromatic carbocycles. The molecule has 0 amide bonds. The summed E-state index contributed by atoms with van der Waals surface area (Å²) in [6.07, 6.45) is 0. The van der Waals surface area contributed by atoms with Gasteiger partial charge in [-0.2, -0.15) is 5.10 Å². The first-order chi connectivity index (χ1) is 9.72. The van der Waals surface area contributed by atoms with Crippen molar-refractivity contribution in [2.45, 2.75) is 18.7 Å². The molecule has 0 saturated carbocycles. The van der Waals surface area contributed by atoms with E-state index in [0.29, 0.717) is 11.4 Å². The minimum Gasteiger partial charge on any atom is -0.478 e. The first kappa shape index (κ1) is 15.3. The third-order valence-corrected chi connectivity index (χ3v) is 4.74. The largest absolute Gasteiger partial charge is 0.478 e. The molecule has 1 heterocycles. The van der Waals surface area contributed by atoms with E-state index in [9.17, 15) is 13.2 Å². The summed E-state index contributed by atoms with van der Waals surface area (Å²) in [7, 11) is -3.83. The Morgan fingerprint density at radius 3 is 2.52 bits per heavy atom. The van der Waals surface area contributed by atoms with Gasteiger partial charge in [0.1, 0.15) is 4.90 Å². The molecule has 21 heavy (non-hydrogen) atoms. The third-order valence-electron chi connectivity index (χ3n) is 2.78. The maximum atomic E-state index is 12.3. The molecule has 1 aromatic heterocycles. The van der Waals surface area contributed by atoms with Crippen LogP contribution in [0.5, 0.6) is 0 Å². The number of carboxylic acid groups (broad SMARTS) is 1. The van der Waals surface area contributed by atoms with E-state index < -0.39 is 16.0 Å². The summed E-state index contributed by atoms with van der Waals surface area (Å²) < 4.78 is 27.0. The molecule has 0 fully saturated rings. The van der Waals surface area contributed by atoms with Crippen LogP contribution in [0.25, 0.3) is 0 Å². The van der Waals surface area contributed by atoms with Crippen LogP contribution >= 0.6 is 11.6 Å². The maximum Gasteiger partial charge on any atom is 0.337 e. The fraction of sp³-hybridized carbons (Fsp3) is 0.167. The number of anilines is 1. The van der Waals surface area contributed by atoms with Gasteiger partial charge in [-0.15, -0.1) is 0 Å². The average Bonchev–Trinajstić information content (AvgIpc) is 2.68. The van der Waals surface area contributed by atoms with E-state index in [-0.39, 0.29) is 21.2 Å². The molecule has 0 aliphatic heterocycles. The van der Waals surface area contributed by atoms with E-state index in [4.69, 9.17) is 16.7 Å². The lowest BCUT2D eigenvalue weighted by Gasteiger charge is -2.09. The molecule has 0 unspecified atom stereocenters. The normalized spacial score (nSPS) is 11.4. The molecular weight excluding hydrogens is 318 g/mol. The highest BCUT2D eigenvalue weighted by atomic mass is 35.5. The lowest BCUT2D eigenvalue weighted by molar-refractivity contribution is 0.0697. The van der Waals surface area contributed by atoms with E-state index in [1.807, 2.05) is 0 Å². The number of sulfonamides is 1. The number of nitrogens with one attached hydrogen (secondary N) is 2. The number of rotatable bonds is 4. The van der Waals surface area contributed by atoms with Crippen molar-refractivity contribution < 1.29 is 18.3 Å². The van der Waals surface area contributed by atoms with Gasteiger partial charge in [0.2, 0.25) is 0 Å². The molecular formula is C12H12ClN3O4S. The summed E-state index contributed by atoms with van der Waals surface area (Å²) in [6, 6.07) is 3.81. The number of nitrogens with zero attached hydrogens (tertiary/aromatic N) is 1. The Bertz CT molecular complexity index is 794. The van der Waals surface area contributed by atoms with Gasteiger partial charge in [0, 0.05) is 0 Å². The van der Waals surface area contributed by atoms with Gasteiger partial charge in [0.15, 0.2) is 0 Å². The number of hydrogen-bond acceptors (Lipinski definition) is 4. The molecule has 0 radical (unpaired) electrons. The van der Waals surface area contributed by atoms with Crippen molar-refractivity contribution in [3.63, 3.8) is 0 Å². The number of halogens is 1. The van der Waals surface area contributed by atoms with Crippen LogP contribution in [-0.2, 0) is 10.0 Å². The third kappa shape index (κ3) is 3.01. The van der Waals surface area contributed by atoms with Crippen molar-refractivity contribution in [2.24, 2.45) is 0 Å². The summed E-state index contributed by atoms with van der Waals surface area (Å²) in [4.78, 5) is 10.9. The molecule has 3 N–H and O–H groups in total. The lowest BCUT2D eigenvalue weighted by Crippen LogP contribution is -2.14. The van der Waals surface area contributed by atoms with Gasteiger partial charge >= 0.3 is 5.97 Å². The molecule has 0 bridgehead atoms. The number of aryl methyl sites for hydroxylation is 2. The minimum absolute atomic E-state index is 0.0525. The minimum atomic E-state index is -3.83. The summed E-state index contributed by atoms with van der Waals surface area (Å²) in [5, 5.41) is 15.2. The van der Waals surface area contributed by atoms with Gasteiger partial charge < -0.3 is 5.11 Å². The van der Waals surface area contributed by atoms with E-state index in [0.717, 1.165) is 0 Å². The summed E-state index contributed by atoms with van der Waals surface area (Å²) >= 11 is 5.81. The number of carboxylic acids is 1. The number of benzene rings is 1. The summed E-state index contributed by atoms with van der Waals surface area (Å²) in [6.45, 7) is 3.16. The zero-order valence-corrected chi connectivity index (χ0v) is 12.7. The molecule has 0 saturated heterocycles. The predicted molar refractivity (Wildman–Crippen MR) is 77.3 cm³/mol. The second-order valence-corrected chi connectivity index (χ2v) is 6.39. The van der Waals surface area contributed by atoms with Crippen molar-refractivity contribution in [1.82, 2.24) is 10.2 Å². The van der Waals surface area contributed by atoms with Gasteiger partial charge in [-0.1, -0.05) is 11.6 Å². The smallest absolute Gasteiger partial charge is 0.337 e. The standard InChI is InChI=1S/C12H12ClN3O4S/c1-6-11(7(2)15-14-6)21(19,20)16-8-3-4-9(12(17)18)10(13)5-8/h3-5,16H,1-2H3,(H,14,15)(H,17,18). The predicted octanol–water partition coefficient (Wildman–Crippen LogP) is 2.18. The number of hydrogen-bond donors (Lipinski definition) is 3. The summed E-state index contributed by atoms with van der Waals surface area (Å²) in [5.74, 6) is -1.18. The van der Waals surface area contributed by atoms with Gasteiger partial charge in [-0.3, -0.25) is 9.82 Å². The van der Waals surface area contributed by atoms with Crippen LogP contribution < -0.4 is 4.72 Å². The molecule has 9 heteroatoms. The van der Waals surface area contributed by atoms with E-state index >= 15 is 0 Å². The van der Waals surface area contributed by atoms with Crippen LogP contribution in [0.3, 0.4) is 0 Å². The Labute approximate surface area is 126 Å². The Morgan fingerprint density at radius 2 is 2.05 bits per heavy atom. The van der Waals surface area contributed by atoms with Crippen LogP contribution in [0, 0.1) is 13.8 Å². The average molecular weight is 330 g/mol. The van der Waals surface area contributed by atoms with E-state index in [2.05, 4.69) is 14.9 Å². The number of aromatic nitrogens is 2. The molecule has 2 aromatic rings. The highest BCUT2D eigenvalue weighted by molar-refractivity contribution is 7.92. The van der Waals surface area contributed by atoms with Gasteiger partial charge in [-0.05, 0) is 32.0 Å². The first-order valence-electron chi connectivity index (χ1n) is 5.79. The molecule has 7 nitrogen and oxygen atoms in total. The molecule has 0 aliphatic rings. The topological polar surface area (TPSA) is 112 Å². The first-order valence-corrected chi connectivity index (χ1v) is 7.65. The fourth-order valence-electron chi connectivity index (χ4n) is 1.89. The Morgan fingerprint density at radius 1 is 1.38 bits per heavy atom. The van der Waals surface area contributed by atoms with Crippen LogP contribution in [0.15, 0.2) is 23.1 Å². The van der Waals surface area contributed by atoms with Gasteiger partial charge in [-0.25, -0.2) is 13.2 Å². The molecule has 0 atom stereocenters. The van der Waals surface area contributed by atoms with Crippen LogP contribution in [-0.4, -0.2) is 29.7 Å². The number of H-pyrrole nitrogens is 1. The van der Waals surface area contributed by atoms with Crippen LogP contribution in [0.4, 0.5) is 5.69 Å². The quantitative estimate of drug-likeness (QED) is 0.795. The number of aromatic carboxylic acids is 1. The van der Waals surface area contributed by atoms with Crippen LogP contribution in [0.1, 0.15) is 21.7 Å². The second kappa shape index (κ2) is 5.38. The second-order valence-electron chi connectivity index (χ2n) is 4.37. The van der Waals surface area contributed by atoms with Gasteiger partial charge in [0.05, 0.1) is 27.7 Å². The fourth-order valence-corrected chi connectivity index (χ4v) is 3.58. The zero-order valence-electron chi connectivity index (χ0n) is 11.1. The molecule has 112 valence electrons. The Balaban J connectivity index is 2.38. The summed E-state index contributed by atoms with van der Waals surface area (Å²) in [5.41, 5.74) is 0.821. The molecule has 0 spiro atoms. The van der Waals surface area contributed by atoms with Gasteiger partial charge in [0.25, 0.3) is 10.0 Å². The lowest BCUT2D eigenvalue weighted by atomic mass is 10.2. The molecule has 2 rings (SSSR count). The van der Waals surface area contributed by atoms with E-state index in [1.54, 1.807) is 13.8 Å². The van der Waals surface area contributed by atoms with Crippen molar-refractivity contribution >= 4 is 33.3 Å². The Hall–Kier alpha value is -2.06. The van der Waals surface area contributed by atoms with E-state index in [1.165, 1.54) is 18.2 Å². The monoisotopic (exact) mass is 329 g/mol. The molecule has 0 aliphatic carbocycles. The number of carbonyl (C=O) groups is 1. The Kier molecular flexibility index (Phi) is 3.93. The zero-order chi connectivity index (χ0) is 15.8. The SMILES string of the molecule is Cc1n[nH]c(C)c1S(=O)(=O)Nc1ccc(C(=O)O)c(Cl)c1. The van der Waals surface area contributed by atoms with Crippen molar-refractivity contribution in [3.05, 3.63) is 40.2 Å². The number of aromatic amines is 1. The van der Waals surface area contributed by atoms with Crippen molar-refractivity contribution in [1.29, 1.82) is 0 Å². The van der Waals surface area contributed by atoms with Crippen molar-refractivity contribution in [2.75, 3.05) is 4.72 Å². The maximum absolute atomic E-state index is 12.3.